The van der Waals surface area contributed by atoms with E-state index in [9.17, 15) is 14.4 Å². The van der Waals surface area contributed by atoms with E-state index in [1.165, 1.54) is 13.0 Å². The first kappa shape index (κ1) is 14.0. The van der Waals surface area contributed by atoms with Gasteiger partial charge in [-0.15, -0.1) is 0 Å². The first-order valence-electron chi connectivity index (χ1n) is 5.19. The first-order chi connectivity index (χ1) is 8.82. The monoisotopic (exact) mass is 390 g/mol. The zero-order valence-electron chi connectivity index (χ0n) is 9.61. The van der Waals surface area contributed by atoms with Crippen LogP contribution >= 0.6 is 31.9 Å². The minimum absolute atomic E-state index is 0.232. The lowest BCUT2D eigenvalue weighted by Gasteiger charge is -2.14. The van der Waals surface area contributed by atoms with Crippen molar-refractivity contribution in [2.75, 3.05) is 0 Å². The Kier molecular flexibility index (Phi) is 3.64. The van der Waals surface area contributed by atoms with Gasteiger partial charge in [0.15, 0.2) is 0 Å². The van der Waals surface area contributed by atoms with Crippen molar-refractivity contribution in [3.05, 3.63) is 41.9 Å². The lowest BCUT2D eigenvalue weighted by Crippen LogP contribution is -2.34. The number of nitrogens with one attached hydrogen (secondary N) is 1. The molecule has 2 aromatic rings. The van der Waals surface area contributed by atoms with E-state index >= 15 is 0 Å². The number of carboxylic acid groups (broad SMARTS) is 1. The fourth-order valence-corrected chi connectivity index (χ4v) is 3.18. The zero-order chi connectivity index (χ0) is 14.3. The summed E-state index contributed by atoms with van der Waals surface area (Å²) in [6.45, 7) is 1.37. The molecule has 0 amide bonds. The van der Waals surface area contributed by atoms with Crippen LogP contribution in [0.25, 0.3) is 10.9 Å². The second-order valence-electron chi connectivity index (χ2n) is 3.93. The van der Waals surface area contributed by atoms with Gasteiger partial charge >= 0.3 is 11.7 Å². The van der Waals surface area contributed by atoms with Crippen LogP contribution in [0.4, 0.5) is 0 Å². The number of benzene rings is 1. The highest BCUT2D eigenvalue weighted by atomic mass is 79.9. The SMILES string of the molecule is CC(C(=O)O)n1c(=O)[nH]c(=O)c2c(Br)cc(Br)cc21. The molecule has 8 heteroatoms. The van der Waals surface area contributed by atoms with Crippen molar-refractivity contribution >= 4 is 48.7 Å². The van der Waals surface area contributed by atoms with Gasteiger partial charge in [-0.2, -0.15) is 0 Å². The Bertz CT molecular complexity index is 794. The molecule has 0 fully saturated rings. The number of rotatable bonds is 2. The number of aromatic amines is 1. The van der Waals surface area contributed by atoms with Gasteiger partial charge in [-0.1, -0.05) is 15.9 Å². The number of carbonyl (C=O) groups is 1. The molecule has 0 radical (unpaired) electrons. The fourth-order valence-electron chi connectivity index (χ4n) is 1.80. The van der Waals surface area contributed by atoms with Crippen LogP contribution in [0, 0.1) is 0 Å². The number of hydrogen-bond donors (Lipinski definition) is 2. The molecule has 1 unspecified atom stereocenters. The molecule has 100 valence electrons. The normalized spacial score (nSPS) is 12.6. The van der Waals surface area contributed by atoms with Crippen LogP contribution in [0.1, 0.15) is 13.0 Å². The van der Waals surface area contributed by atoms with Crippen LogP contribution in [0.5, 0.6) is 0 Å². The van der Waals surface area contributed by atoms with Crippen molar-refractivity contribution in [3.63, 3.8) is 0 Å². The Morgan fingerprint density at radius 1 is 1.37 bits per heavy atom. The van der Waals surface area contributed by atoms with Crippen molar-refractivity contribution < 1.29 is 9.90 Å². The van der Waals surface area contributed by atoms with Crippen molar-refractivity contribution in [2.24, 2.45) is 0 Å². The summed E-state index contributed by atoms with van der Waals surface area (Å²) in [4.78, 5) is 36.8. The lowest BCUT2D eigenvalue weighted by atomic mass is 10.2. The van der Waals surface area contributed by atoms with Gasteiger partial charge in [-0.3, -0.25) is 14.3 Å². The van der Waals surface area contributed by atoms with E-state index in [0.29, 0.717) is 8.95 Å². The summed E-state index contributed by atoms with van der Waals surface area (Å²) in [5, 5.41) is 9.28. The number of hydrogen-bond acceptors (Lipinski definition) is 3. The molecule has 0 saturated carbocycles. The number of H-pyrrole nitrogens is 1. The van der Waals surface area contributed by atoms with Crippen LogP contribution in [-0.4, -0.2) is 20.6 Å². The maximum absolute atomic E-state index is 11.8. The van der Waals surface area contributed by atoms with Crippen molar-refractivity contribution in [2.45, 2.75) is 13.0 Å². The predicted octanol–water partition coefficient (Wildman–Crippen LogP) is 1.86. The molecule has 0 aliphatic heterocycles. The average molecular weight is 392 g/mol. The highest BCUT2D eigenvalue weighted by Crippen LogP contribution is 2.26. The lowest BCUT2D eigenvalue weighted by molar-refractivity contribution is -0.140. The maximum atomic E-state index is 11.8. The molecule has 2 N–H and O–H groups in total. The topological polar surface area (TPSA) is 92.2 Å². The molecular weight excluding hydrogens is 384 g/mol. The number of nitrogens with zero attached hydrogens (tertiary/aromatic N) is 1. The van der Waals surface area contributed by atoms with Gasteiger partial charge in [-0.25, -0.2) is 9.59 Å². The minimum Gasteiger partial charge on any atom is -0.480 e. The molecule has 1 aromatic heterocycles. The molecule has 0 bridgehead atoms. The number of halogens is 2. The third-order valence-electron chi connectivity index (χ3n) is 2.70. The van der Waals surface area contributed by atoms with Gasteiger partial charge in [-0.05, 0) is 35.0 Å². The van der Waals surface area contributed by atoms with E-state index in [1.807, 2.05) is 0 Å². The van der Waals surface area contributed by atoms with Gasteiger partial charge in [0, 0.05) is 8.95 Å². The van der Waals surface area contributed by atoms with Gasteiger partial charge in [0.2, 0.25) is 0 Å². The summed E-state index contributed by atoms with van der Waals surface area (Å²) in [7, 11) is 0. The highest BCUT2D eigenvalue weighted by Gasteiger charge is 2.20. The van der Waals surface area contributed by atoms with Crippen LogP contribution in [-0.2, 0) is 4.79 Å². The van der Waals surface area contributed by atoms with Crippen molar-refractivity contribution in [1.82, 2.24) is 9.55 Å². The van der Waals surface area contributed by atoms with Gasteiger partial charge in [0.1, 0.15) is 6.04 Å². The van der Waals surface area contributed by atoms with Crippen LogP contribution in [0.2, 0.25) is 0 Å². The Hall–Kier alpha value is -1.41. The summed E-state index contributed by atoms with van der Waals surface area (Å²) in [5.41, 5.74) is -1.06. The molecular formula is C11H8Br2N2O4. The summed E-state index contributed by atoms with van der Waals surface area (Å²) in [6.07, 6.45) is 0. The first-order valence-corrected chi connectivity index (χ1v) is 6.78. The second kappa shape index (κ2) is 4.93. The Labute approximate surface area is 123 Å². The van der Waals surface area contributed by atoms with Crippen LogP contribution < -0.4 is 11.2 Å². The number of aliphatic carboxylic acids is 1. The average Bonchev–Trinajstić information content (AvgIpc) is 2.26. The molecule has 1 atom stereocenters. The largest absolute Gasteiger partial charge is 0.480 e. The van der Waals surface area contributed by atoms with E-state index in [-0.39, 0.29) is 10.9 Å². The van der Waals surface area contributed by atoms with E-state index < -0.39 is 23.3 Å². The fraction of sp³-hybridized carbons (Fsp3) is 0.182. The maximum Gasteiger partial charge on any atom is 0.329 e. The minimum atomic E-state index is -1.16. The molecule has 2 rings (SSSR count). The smallest absolute Gasteiger partial charge is 0.329 e. The quantitative estimate of drug-likeness (QED) is 0.817. The van der Waals surface area contributed by atoms with E-state index in [2.05, 4.69) is 36.8 Å². The molecule has 0 aliphatic rings. The molecule has 6 nitrogen and oxygen atoms in total. The number of fused-ring (bicyclic) bond motifs is 1. The summed E-state index contributed by atoms with van der Waals surface area (Å²) in [5.74, 6) is -1.16. The Morgan fingerprint density at radius 2 is 2.00 bits per heavy atom. The van der Waals surface area contributed by atoms with Gasteiger partial charge < -0.3 is 5.11 Å². The summed E-state index contributed by atoms with van der Waals surface area (Å²) in [6, 6.07) is 2.10. The molecule has 19 heavy (non-hydrogen) atoms. The molecule has 0 saturated heterocycles. The van der Waals surface area contributed by atoms with E-state index in [0.717, 1.165) is 4.57 Å². The predicted molar refractivity (Wildman–Crippen MR) is 76.6 cm³/mol. The van der Waals surface area contributed by atoms with Crippen molar-refractivity contribution in [1.29, 1.82) is 0 Å². The standard InChI is InChI=1S/C11H8Br2N2O4/c1-4(10(17)18)15-7-3-5(12)2-6(13)8(7)9(16)14-11(15)19/h2-4H,1H3,(H,17,18)(H,14,16,19). The molecule has 1 heterocycles. The highest BCUT2D eigenvalue weighted by molar-refractivity contribution is 9.11. The molecule has 0 aliphatic carbocycles. The number of aromatic nitrogens is 2. The summed E-state index contributed by atoms with van der Waals surface area (Å²) < 4.78 is 2.14. The van der Waals surface area contributed by atoms with E-state index in [4.69, 9.17) is 5.11 Å². The Balaban J connectivity index is 3.03. The second-order valence-corrected chi connectivity index (χ2v) is 5.70. The number of carboxylic acids is 1. The summed E-state index contributed by atoms with van der Waals surface area (Å²) >= 11 is 6.48. The van der Waals surface area contributed by atoms with Crippen LogP contribution in [0.3, 0.4) is 0 Å². The van der Waals surface area contributed by atoms with Gasteiger partial charge in [0.05, 0.1) is 10.9 Å². The molecule has 1 aromatic carbocycles. The third kappa shape index (κ3) is 2.37. The third-order valence-corrected chi connectivity index (χ3v) is 3.79. The van der Waals surface area contributed by atoms with Gasteiger partial charge in [0.25, 0.3) is 5.56 Å². The van der Waals surface area contributed by atoms with E-state index in [1.54, 1.807) is 6.07 Å². The Morgan fingerprint density at radius 3 is 2.58 bits per heavy atom. The zero-order valence-corrected chi connectivity index (χ0v) is 12.8. The molecule has 0 spiro atoms. The van der Waals surface area contributed by atoms with Crippen LogP contribution in [0.15, 0.2) is 30.7 Å². The van der Waals surface area contributed by atoms with Crippen molar-refractivity contribution in [3.8, 4) is 0 Å².